The first-order valence-electron chi connectivity index (χ1n) is 7.41. The van der Waals surface area contributed by atoms with Crippen LogP contribution in [-0.2, 0) is 0 Å². The summed E-state index contributed by atoms with van der Waals surface area (Å²) in [6.45, 7) is 0. The highest BCUT2D eigenvalue weighted by molar-refractivity contribution is 5.94. The van der Waals surface area contributed by atoms with Gasteiger partial charge in [-0.25, -0.2) is 0 Å². The van der Waals surface area contributed by atoms with E-state index in [0.29, 0.717) is 0 Å². The Balaban J connectivity index is 1.80. The number of hydrogen-bond donors (Lipinski definition) is 0. The molecule has 0 atom stereocenters. The molecule has 0 unspecified atom stereocenters. The average Bonchev–Trinajstić information content (AvgIpc) is 2.62. The summed E-state index contributed by atoms with van der Waals surface area (Å²) in [6.07, 6.45) is 1.84. The fraction of sp³-hybridized carbons (Fsp3) is 0. The zero-order valence-corrected chi connectivity index (χ0v) is 12.1. The lowest BCUT2D eigenvalue weighted by molar-refractivity contribution is 1.41. The van der Waals surface area contributed by atoms with Gasteiger partial charge in [0.1, 0.15) is 0 Å². The van der Waals surface area contributed by atoms with E-state index in [2.05, 4.69) is 77.8 Å². The third-order valence-corrected chi connectivity index (χ3v) is 3.95. The molecule has 4 aromatic rings. The molecule has 1 nitrogen and oxygen atoms in total. The Morgan fingerprint density at radius 1 is 0.500 bits per heavy atom. The summed E-state index contributed by atoms with van der Waals surface area (Å²) in [7, 11) is 0. The van der Waals surface area contributed by atoms with E-state index in [4.69, 9.17) is 0 Å². The molecule has 0 aliphatic heterocycles. The summed E-state index contributed by atoms with van der Waals surface area (Å²) in [5, 5.41) is 1.19. The minimum absolute atomic E-state index is 1.03. The Kier molecular flexibility index (Phi) is 3.17. The van der Waals surface area contributed by atoms with Gasteiger partial charge in [-0.2, -0.15) is 0 Å². The number of pyridine rings is 1. The maximum atomic E-state index is 4.43. The van der Waals surface area contributed by atoms with Crippen LogP contribution in [0.5, 0.6) is 0 Å². The van der Waals surface area contributed by atoms with Crippen molar-refractivity contribution in [3.63, 3.8) is 0 Å². The Morgan fingerprint density at radius 2 is 1.23 bits per heavy atom. The maximum absolute atomic E-state index is 4.43. The van der Waals surface area contributed by atoms with Crippen LogP contribution in [0.3, 0.4) is 0 Å². The number of hydrogen-bond acceptors (Lipinski definition) is 1. The molecule has 3 aromatic carbocycles. The first-order valence-corrected chi connectivity index (χ1v) is 7.41. The first-order chi connectivity index (χ1) is 10.9. The van der Waals surface area contributed by atoms with Crippen molar-refractivity contribution in [1.82, 2.24) is 4.98 Å². The normalized spacial score (nSPS) is 10.7. The van der Waals surface area contributed by atoms with Crippen molar-refractivity contribution in [2.75, 3.05) is 0 Å². The summed E-state index contributed by atoms with van der Waals surface area (Å²) in [5.74, 6) is 0. The van der Waals surface area contributed by atoms with Crippen molar-refractivity contribution in [3.8, 4) is 22.3 Å². The fourth-order valence-corrected chi connectivity index (χ4v) is 2.83. The Morgan fingerprint density at radius 3 is 2.05 bits per heavy atom. The van der Waals surface area contributed by atoms with Gasteiger partial charge < -0.3 is 0 Å². The highest BCUT2D eigenvalue weighted by Gasteiger charge is 2.04. The molecular formula is C21H15N. The smallest absolute Gasteiger partial charge is 0.0708 e. The molecule has 1 heteroatoms. The van der Waals surface area contributed by atoms with Gasteiger partial charge in [0, 0.05) is 11.6 Å². The van der Waals surface area contributed by atoms with Crippen LogP contribution in [0.1, 0.15) is 0 Å². The molecule has 0 fully saturated rings. The minimum Gasteiger partial charge on any atom is -0.256 e. The van der Waals surface area contributed by atoms with Gasteiger partial charge in [0.25, 0.3) is 0 Å². The van der Waals surface area contributed by atoms with Gasteiger partial charge in [-0.3, -0.25) is 4.98 Å². The van der Waals surface area contributed by atoms with Crippen molar-refractivity contribution >= 4 is 10.9 Å². The van der Waals surface area contributed by atoms with Crippen LogP contribution in [0, 0.1) is 0 Å². The van der Waals surface area contributed by atoms with E-state index in [9.17, 15) is 0 Å². The van der Waals surface area contributed by atoms with Crippen molar-refractivity contribution in [1.29, 1.82) is 0 Å². The number of fused-ring (bicyclic) bond motifs is 1. The molecule has 1 heterocycles. The van der Waals surface area contributed by atoms with E-state index in [-0.39, 0.29) is 0 Å². The second-order valence-corrected chi connectivity index (χ2v) is 5.32. The Labute approximate surface area is 129 Å². The first kappa shape index (κ1) is 12.8. The summed E-state index contributed by atoms with van der Waals surface area (Å²) in [5.41, 5.74) is 5.96. The molecule has 0 saturated heterocycles. The lowest BCUT2D eigenvalue weighted by Gasteiger charge is -2.08. The van der Waals surface area contributed by atoms with Gasteiger partial charge >= 0.3 is 0 Å². The van der Waals surface area contributed by atoms with Crippen LogP contribution in [0.4, 0.5) is 0 Å². The highest BCUT2D eigenvalue weighted by atomic mass is 14.6. The standard InChI is InChI=1S/C21H15N/c1-2-6-16(7-3-1)17-11-13-18(14-12-17)19-8-4-10-21-20(19)9-5-15-22-21/h1-15H. The van der Waals surface area contributed by atoms with Gasteiger partial charge in [-0.05, 0) is 34.4 Å². The number of aromatic nitrogens is 1. The van der Waals surface area contributed by atoms with Crippen LogP contribution >= 0.6 is 0 Å². The highest BCUT2D eigenvalue weighted by Crippen LogP contribution is 2.29. The topological polar surface area (TPSA) is 12.9 Å². The molecule has 0 spiro atoms. The molecule has 0 aliphatic rings. The van der Waals surface area contributed by atoms with Crippen molar-refractivity contribution in [2.45, 2.75) is 0 Å². The monoisotopic (exact) mass is 281 g/mol. The third-order valence-electron chi connectivity index (χ3n) is 3.95. The molecule has 0 N–H and O–H groups in total. The van der Waals surface area contributed by atoms with Crippen molar-refractivity contribution < 1.29 is 0 Å². The molecule has 4 rings (SSSR count). The van der Waals surface area contributed by atoms with Crippen LogP contribution in [0.25, 0.3) is 33.2 Å². The molecule has 0 saturated carbocycles. The molecule has 22 heavy (non-hydrogen) atoms. The SMILES string of the molecule is c1ccc(-c2ccc(-c3cccc4ncccc34)cc2)cc1. The molecule has 1 aromatic heterocycles. The predicted octanol–water partition coefficient (Wildman–Crippen LogP) is 5.57. The second kappa shape index (κ2) is 5.45. The van der Waals surface area contributed by atoms with Crippen LogP contribution in [0.15, 0.2) is 91.1 Å². The average molecular weight is 281 g/mol. The fourth-order valence-electron chi connectivity index (χ4n) is 2.83. The summed E-state index contributed by atoms with van der Waals surface area (Å²) >= 11 is 0. The van der Waals surface area contributed by atoms with Crippen LogP contribution in [-0.4, -0.2) is 4.98 Å². The number of rotatable bonds is 2. The molecule has 0 amide bonds. The van der Waals surface area contributed by atoms with E-state index in [1.165, 1.54) is 27.6 Å². The Hall–Kier alpha value is -2.93. The van der Waals surface area contributed by atoms with E-state index in [0.717, 1.165) is 5.52 Å². The molecule has 0 bridgehead atoms. The maximum Gasteiger partial charge on any atom is 0.0708 e. The largest absolute Gasteiger partial charge is 0.256 e. The molecular weight excluding hydrogens is 266 g/mol. The summed E-state index contributed by atoms with van der Waals surface area (Å²) in [6, 6.07) is 29.6. The summed E-state index contributed by atoms with van der Waals surface area (Å²) in [4.78, 5) is 4.43. The van der Waals surface area contributed by atoms with Gasteiger partial charge in [0.05, 0.1) is 5.52 Å². The van der Waals surface area contributed by atoms with Gasteiger partial charge in [0.2, 0.25) is 0 Å². The predicted molar refractivity (Wildman–Crippen MR) is 92.6 cm³/mol. The lowest BCUT2D eigenvalue weighted by Crippen LogP contribution is -1.84. The molecule has 0 aliphatic carbocycles. The zero-order valence-electron chi connectivity index (χ0n) is 12.1. The number of benzene rings is 3. The number of nitrogens with zero attached hydrogens (tertiary/aromatic N) is 1. The quantitative estimate of drug-likeness (QED) is 0.468. The van der Waals surface area contributed by atoms with E-state index >= 15 is 0 Å². The van der Waals surface area contributed by atoms with Crippen LogP contribution in [0.2, 0.25) is 0 Å². The van der Waals surface area contributed by atoms with Gasteiger partial charge in [-0.15, -0.1) is 0 Å². The van der Waals surface area contributed by atoms with E-state index in [1.807, 2.05) is 18.3 Å². The van der Waals surface area contributed by atoms with E-state index in [1.54, 1.807) is 0 Å². The summed E-state index contributed by atoms with van der Waals surface area (Å²) < 4.78 is 0. The van der Waals surface area contributed by atoms with Crippen molar-refractivity contribution in [2.24, 2.45) is 0 Å². The van der Waals surface area contributed by atoms with E-state index < -0.39 is 0 Å². The molecule has 104 valence electrons. The second-order valence-electron chi connectivity index (χ2n) is 5.32. The minimum atomic E-state index is 1.03. The van der Waals surface area contributed by atoms with Gasteiger partial charge in [0.15, 0.2) is 0 Å². The lowest BCUT2D eigenvalue weighted by atomic mass is 9.98. The van der Waals surface area contributed by atoms with Crippen molar-refractivity contribution in [3.05, 3.63) is 91.1 Å². The van der Waals surface area contributed by atoms with Crippen LogP contribution < -0.4 is 0 Å². The zero-order chi connectivity index (χ0) is 14.8. The van der Waals surface area contributed by atoms with Gasteiger partial charge in [-0.1, -0.05) is 72.8 Å². The molecule has 0 radical (unpaired) electrons. The third kappa shape index (κ3) is 2.27. The Bertz CT molecular complexity index is 904.